The zero-order valence-corrected chi connectivity index (χ0v) is 12.3. The molecule has 0 saturated heterocycles. The number of phenols is 1. The van der Waals surface area contributed by atoms with E-state index in [4.69, 9.17) is 0 Å². The minimum atomic E-state index is -0.214. The number of aromatic hydroxyl groups is 1. The predicted molar refractivity (Wildman–Crippen MR) is 84.7 cm³/mol. The van der Waals surface area contributed by atoms with Gasteiger partial charge in [0.15, 0.2) is 0 Å². The molecule has 0 saturated carbocycles. The lowest BCUT2D eigenvalue weighted by Gasteiger charge is -2.10. The molecular formula is C17H20N2O2. The first-order chi connectivity index (χ1) is 10.1. The van der Waals surface area contributed by atoms with Crippen LogP contribution in [0.5, 0.6) is 5.75 Å². The number of para-hydroxylation sites is 1. The summed E-state index contributed by atoms with van der Waals surface area (Å²) < 4.78 is 0. The van der Waals surface area contributed by atoms with Crippen molar-refractivity contribution in [3.63, 3.8) is 0 Å². The number of benzene rings is 2. The van der Waals surface area contributed by atoms with Crippen molar-refractivity contribution in [1.82, 2.24) is 5.32 Å². The Morgan fingerprint density at radius 1 is 1.10 bits per heavy atom. The first-order valence-electron chi connectivity index (χ1n) is 6.95. The predicted octanol–water partition coefficient (Wildman–Crippen LogP) is 3.37. The summed E-state index contributed by atoms with van der Waals surface area (Å²) in [6.07, 6.45) is 0.726. The number of carbonyl (C=O) groups is 1. The van der Waals surface area contributed by atoms with Gasteiger partial charge in [-0.2, -0.15) is 0 Å². The van der Waals surface area contributed by atoms with Crippen LogP contribution in [0, 0.1) is 13.8 Å². The van der Waals surface area contributed by atoms with Crippen molar-refractivity contribution in [2.75, 3.05) is 11.9 Å². The molecule has 0 atom stereocenters. The van der Waals surface area contributed by atoms with Crippen molar-refractivity contribution in [1.29, 1.82) is 0 Å². The van der Waals surface area contributed by atoms with E-state index in [0.717, 1.165) is 28.8 Å². The molecule has 0 spiro atoms. The molecule has 0 aliphatic rings. The normalized spacial score (nSPS) is 10.2. The summed E-state index contributed by atoms with van der Waals surface area (Å²) in [5.74, 6) is 0.341. The van der Waals surface area contributed by atoms with Crippen LogP contribution in [0.2, 0.25) is 0 Å². The largest absolute Gasteiger partial charge is 0.507 e. The summed E-state index contributed by atoms with van der Waals surface area (Å²) in [5, 5.41) is 15.3. The van der Waals surface area contributed by atoms with Gasteiger partial charge in [-0.1, -0.05) is 30.3 Å². The first-order valence-corrected chi connectivity index (χ1v) is 6.95. The van der Waals surface area contributed by atoms with Crippen molar-refractivity contribution in [3.05, 3.63) is 59.2 Å². The fraction of sp³-hybridized carbons (Fsp3) is 0.235. The van der Waals surface area contributed by atoms with Gasteiger partial charge in [-0.3, -0.25) is 0 Å². The summed E-state index contributed by atoms with van der Waals surface area (Å²) >= 11 is 0. The van der Waals surface area contributed by atoms with Crippen molar-refractivity contribution in [2.45, 2.75) is 20.3 Å². The molecule has 2 aromatic rings. The Bertz CT molecular complexity index is 601. The maximum atomic E-state index is 11.7. The molecule has 0 heterocycles. The summed E-state index contributed by atoms with van der Waals surface area (Å²) in [6, 6.07) is 13.0. The zero-order chi connectivity index (χ0) is 15.2. The summed E-state index contributed by atoms with van der Waals surface area (Å²) in [4.78, 5) is 11.7. The fourth-order valence-corrected chi connectivity index (χ4v) is 2.21. The number of carbonyl (C=O) groups excluding carboxylic acids is 1. The number of urea groups is 1. The molecule has 0 aromatic heterocycles. The van der Waals surface area contributed by atoms with Crippen LogP contribution >= 0.6 is 0 Å². The van der Waals surface area contributed by atoms with Gasteiger partial charge in [-0.05, 0) is 49.1 Å². The van der Waals surface area contributed by atoms with Gasteiger partial charge in [0.05, 0.1) is 0 Å². The molecule has 0 radical (unpaired) electrons. The molecule has 2 amide bonds. The van der Waals surface area contributed by atoms with E-state index in [0.29, 0.717) is 12.3 Å². The molecule has 0 aliphatic heterocycles. The Balaban J connectivity index is 1.83. The SMILES string of the molecule is Cc1cc(CCNC(=O)Nc2ccccc2)cc(C)c1O. The second-order valence-electron chi connectivity index (χ2n) is 5.08. The minimum Gasteiger partial charge on any atom is -0.507 e. The van der Waals surface area contributed by atoms with Gasteiger partial charge in [-0.25, -0.2) is 4.79 Å². The minimum absolute atomic E-state index is 0.214. The molecular weight excluding hydrogens is 264 g/mol. The molecule has 0 aliphatic carbocycles. The monoisotopic (exact) mass is 284 g/mol. The third kappa shape index (κ3) is 4.24. The molecule has 3 N–H and O–H groups in total. The maximum Gasteiger partial charge on any atom is 0.319 e. The number of anilines is 1. The lowest BCUT2D eigenvalue weighted by molar-refractivity contribution is 0.252. The van der Waals surface area contributed by atoms with Crippen molar-refractivity contribution in [2.24, 2.45) is 0 Å². The van der Waals surface area contributed by atoms with Crippen LogP contribution in [0.1, 0.15) is 16.7 Å². The van der Waals surface area contributed by atoms with Gasteiger partial charge in [0.25, 0.3) is 0 Å². The number of phenolic OH excluding ortho intramolecular Hbond substituents is 1. The molecule has 110 valence electrons. The number of nitrogens with one attached hydrogen (secondary N) is 2. The first kappa shape index (κ1) is 14.9. The molecule has 4 heteroatoms. The number of aryl methyl sites for hydroxylation is 2. The molecule has 2 rings (SSSR count). The quantitative estimate of drug-likeness (QED) is 0.806. The van der Waals surface area contributed by atoms with E-state index in [1.807, 2.05) is 56.3 Å². The van der Waals surface area contributed by atoms with Crippen molar-refractivity contribution in [3.8, 4) is 5.75 Å². The van der Waals surface area contributed by atoms with E-state index < -0.39 is 0 Å². The van der Waals surface area contributed by atoms with E-state index in [1.54, 1.807) is 0 Å². The van der Waals surface area contributed by atoms with Gasteiger partial charge < -0.3 is 15.7 Å². The standard InChI is InChI=1S/C17H20N2O2/c1-12-10-14(11-13(2)16(12)20)8-9-18-17(21)19-15-6-4-3-5-7-15/h3-7,10-11,20H,8-9H2,1-2H3,(H2,18,19,21). The highest BCUT2D eigenvalue weighted by Crippen LogP contribution is 2.22. The van der Waals surface area contributed by atoms with E-state index >= 15 is 0 Å². The smallest absolute Gasteiger partial charge is 0.319 e. The van der Waals surface area contributed by atoms with Gasteiger partial charge in [0, 0.05) is 12.2 Å². The van der Waals surface area contributed by atoms with E-state index in [9.17, 15) is 9.90 Å². The molecule has 0 fully saturated rings. The van der Waals surface area contributed by atoms with Gasteiger partial charge >= 0.3 is 6.03 Å². The topological polar surface area (TPSA) is 61.4 Å². The van der Waals surface area contributed by atoms with Crippen LogP contribution in [0.15, 0.2) is 42.5 Å². The third-order valence-corrected chi connectivity index (χ3v) is 3.28. The summed E-state index contributed by atoms with van der Waals surface area (Å²) in [6.45, 7) is 4.30. The van der Waals surface area contributed by atoms with E-state index in [2.05, 4.69) is 10.6 Å². The Hall–Kier alpha value is -2.49. The van der Waals surface area contributed by atoms with Crippen LogP contribution in [0.25, 0.3) is 0 Å². The molecule has 4 nitrogen and oxygen atoms in total. The highest BCUT2D eigenvalue weighted by molar-refractivity contribution is 5.89. The molecule has 2 aromatic carbocycles. The lowest BCUT2D eigenvalue weighted by atomic mass is 10.0. The second kappa shape index (κ2) is 6.79. The van der Waals surface area contributed by atoms with Gasteiger partial charge in [0.2, 0.25) is 0 Å². The second-order valence-corrected chi connectivity index (χ2v) is 5.08. The highest BCUT2D eigenvalue weighted by atomic mass is 16.3. The van der Waals surface area contributed by atoms with Crippen molar-refractivity contribution >= 4 is 11.7 Å². The van der Waals surface area contributed by atoms with Crippen molar-refractivity contribution < 1.29 is 9.90 Å². The Labute approximate surface area is 124 Å². The van der Waals surface area contributed by atoms with Crippen LogP contribution in [0.4, 0.5) is 10.5 Å². The van der Waals surface area contributed by atoms with Crippen LogP contribution < -0.4 is 10.6 Å². The van der Waals surface area contributed by atoms with E-state index in [1.165, 1.54) is 0 Å². The maximum absolute atomic E-state index is 11.7. The van der Waals surface area contributed by atoms with Crippen LogP contribution in [-0.4, -0.2) is 17.7 Å². The Morgan fingerprint density at radius 2 is 1.71 bits per heavy atom. The van der Waals surface area contributed by atoms with Gasteiger partial charge in [-0.15, -0.1) is 0 Å². The van der Waals surface area contributed by atoms with Crippen LogP contribution in [-0.2, 0) is 6.42 Å². The highest BCUT2D eigenvalue weighted by Gasteiger charge is 2.04. The Morgan fingerprint density at radius 3 is 2.33 bits per heavy atom. The number of amides is 2. The van der Waals surface area contributed by atoms with E-state index in [-0.39, 0.29) is 6.03 Å². The Kier molecular flexibility index (Phi) is 4.82. The molecule has 21 heavy (non-hydrogen) atoms. The molecule has 0 unspecified atom stereocenters. The lowest BCUT2D eigenvalue weighted by Crippen LogP contribution is -2.30. The number of hydrogen-bond acceptors (Lipinski definition) is 2. The van der Waals surface area contributed by atoms with Crippen LogP contribution in [0.3, 0.4) is 0 Å². The average Bonchev–Trinajstić information content (AvgIpc) is 2.45. The summed E-state index contributed by atoms with van der Waals surface area (Å²) in [5.41, 5.74) is 3.59. The third-order valence-electron chi connectivity index (χ3n) is 3.28. The summed E-state index contributed by atoms with van der Waals surface area (Å²) in [7, 11) is 0. The number of rotatable bonds is 4. The molecule has 0 bridgehead atoms. The zero-order valence-electron chi connectivity index (χ0n) is 12.3. The fourth-order valence-electron chi connectivity index (χ4n) is 2.21. The van der Waals surface area contributed by atoms with Gasteiger partial charge in [0.1, 0.15) is 5.75 Å². The number of hydrogen-bond donors (Lipinski definition) is 3. The average molecular weight is 284 g/mol.